The lowest BCUT2D eigenvalue weighted by molar-refractivity contribution is 0.129. The van der Waals surface area contributed by atoms with Gasteiger partial charge in [0.2, 0.25) is 0 Å². The quantitative estimate of drug-likeness (QED) is 0.701. The summed E-state index contributed by atoms with van der Waals surface area (Å²) in [5.41, 5.74) is 2.87. The largest absolute Gasteiger partial charge is 0.493 e. The topological polar surface area (TPSA) is 12.5 Å². The number of fused-ring (bicyclic) bond motifs is 1. The van der Waals surface area contributed by atoms with E-state index in [1.807, 2.05) is 0 Å². The molecular weight excluding hydrogens is 314 g/mol. The van der Waals surface area contributed by atoms with Crippen LogP contribution in [0.5, 0.6) is 5.75 Å². The summed E-state index contributed by atoms with van der Waals surface area (Å²) < 4.78 is 5.58. The van der Waals surface area contributed by atoms with Gasteiger partial charge in [-0.3, -0.25) is 0 Å². The third kappa shape index (κ3) is 3.37. The molecule has 1 aromatic carbocycles. The number of nitrogens with zero attached hydrogens (tertiary/aromatic N) is 1. The fraction of sp³-hybridized carbons (Fsp3) is 0.647. The van der Waals surface area contributed by atoms with Crippen molar-refractivity contribution < 1.29 is 4.74 Å². The van der Waals surface area contributed by atoms with Crippen molar-refractivity contribution in [3.63, 3.8) is 0 Å². The lowest BCUT2D eigenvalue weighted by Gasteiger charge is -2.37. The molecule has 1 heterocycles. The summed E-state index contributed by atoms with van der Waals surface area (Å²) in [6.07, 6.45) is 7.74. The van der Waals surface area contributed by atoms with Crippen LogP contribution in [-0.4, -0.2) is 36.0 Å². The maximum absolute atomic E-state index is 5.58. The summed E-state index contributed by atoms with van der Waals surface area (Å²) in [4.78, 5) is 2.70. The number of alkyl halides is 1. The zero-order valence-corrected chi connectivity index (χ0v) is 13.7. The van der Waals surface area contributed by atoms with E-state index in [4.69, 9.17) is 4.74 Å². The Morgan fingerprint density at radius 1 is 1.25 bits per heavy atom. The minimum atomic E-state index is 0.854. The van der Waals surface area contributed by atoms with Gasteiger partial charge < -0.3 is 9.64 Å². The highest BCUT2D eigenvalue weighted by molar-refractivity contribution is 9.09. The molecule has 0 amide bonds. The van der Waals surface area contributed by atoms with E-state index in [0.717, 1.165) is 30.1 Å². The smallest absolute Gasteiger partial charge is 0.122 e. The summed E-state index contributed by atoms with van der Waals surface area (Å²) in [5.74, 6) is 1.10. The Morgan fingerprint density at radius 2 is 2.15 bits per heavy atom. The van der Waals surface area contributed by atoms with Crippen LogP contribution in [0.2, 0.25) is 0 Å². The second-order valence-electron chi connectivity index (χ2n) is 5.95. The Bertz CT molecular complexity index is 445. The molecule has 1 aliphatic heterocycles. The normalized spacial score (nSPS) is 17.9. The highest BCUT2D eigenvalue weighted by atomic mass is 79.9. The van der Waals surface area contributed by atoms with Gasteiger partial charge in [-0.1, -0.05) is 34.5 Å². The Kier molecular flexibility index (Phi) is 5.00. The van der Waals surface area contributed by atoms with Gasteiger partial charge in [0.15, 0.2) is 0 Å². The fourth-order valence-electron chi connectivity index (χ4n) is 3.16. The van der Waals surface area contributed by atoms with Crippen molar-refractivity contribution in [1.82, 2.24) is 4.90 Å². The van der Waals surface area contributed by atoms with E-state index in [1.54, 1.807) is 0 Å². The van der Waals surface area contributed by atoms with Crippen molar-refractivity contribution in [3.05, 3.63) is 29.3 Å². The molecule has 1 fully saturated rings. The molecule has 0 saturated heterocycles. The Balaban J connectivity index is 1.56. The first-order valence-corrected chi connectivity index (χ1v) is 9.03. The van der Waals surface area contributed by atoms with Gasteiger partial charge in [0, 0.05) is 24.3 Å². The maximum atomic E-state index is 5.58. The van der Waals surface area contributed by atoms with Crippen molar-refractivity contribution in [2.24, 2.45) is 0 Å². The number of halogens is 1. The van der Waals surface area contributed by atoms with Crippen LogP contribution in [0.1, 0.15) is 36.8 Å². The molecule has 2 nitrogen and oxygen atoms in total. The zero-order chi connectivity index (χ0) is 13.8. The third-order valence-corrected chi connectivity index (χ3v) is 5.17. The first kappa shape index (κ1) is 14.4. The highest BCUT2D eigenvalue weighted by Gasteiger charge is 2.24. The van der Waals surface area contributed by atoms with Crippen molar-refractivity contribution >= 4 is 15.9 Å². The van der Waals surface area contributed by atoms with Crippen LogP contribution < -0.4 is 4.74 Å². The molecule has 0 radical (unpaired) electrons. The van der Waals surface area contributed by atoms with Crippen LogP contribution in [0.15, 0.2) is 18.2 Å². The monoisotopic (exact) mass is 337 g/mol. The molecule has 0 bridgehead atoms. The Morgan fingerprint density at radius 3 is 2.90 bits per heavy atom. The Labute approximate surface area is 130 Å². The van der Waals surface area contributed by atoms with E-state index >= 15 is 0 Å². The molecule has 0 unspecified atom stereocenters. The number of rotatable bonds is 7. The third-order valence-electron chi connectivity index (χ3n) is 4.61. The average molecular weight is 338 g/mol. The van der Waals surface area contributed by atoms with Crippen molar-refractivity contribution in [3.8, 4) is 5.75 Å². The lowest BCUT2D eigenvalue weighted by atomic mass is 9.91. The minimum absolute atomic E-state index is 0.854. The summed E-state index contributed by atoms with van der Waals surface area (Å²) in [6, 6.07) is 7.61. The molecule has 1 saturated carbocycles. The zero-order valence-electron chi connectivity index (χ0n) is 12.1. The van der Waals surface area contributed by atoms with Crippen molar-refractivity contribution in [2.75, 3.05) is 25.0 Å². The second-order valence-corrected chi connectivity index (χ2v) is 6.75. The van der Waals surface area contributed by atoms with Crippen molar-refractivity contribution in [2.45, 2.75) is 44.6 Å². The van der Waals surface area contributed by atoms with Gasteiger partial charge in [0.05, 0.1) is 6.61 Å². The predicted octanol–water partition coefficient (Wildman–Crippen LogP) is 3.80. The second kappa shape index (κ2) is 6.95. The molecule has 0 aromatic heterocycles. The lowest BCUT2D eigenvalue weighted by Crippen LogP contribution is -2.42. The first-order chi connectivity index (χ1) is 9.86. The molecule has 1 aromatic rings. The van der Waals surface area contributed by atoms with Crippen LogP contribution in [0.4, 0.5) is 0 Å². The van der Waals surface area contributed by atoms with Gasteiger partial charge in [-0.25, -0.2) is 0 Å². The van der Waals surface area contributed by atoms with Gasteiger partial charge in [-0.05, 0) is 49.4 Å². The summed E-state index contributed by atoms with van der Waals surface area (Å²) in [5, 5.41) is 1.12. The number of hydrogen-bond acceptors (Lipinski definition) is 2. The SMILES string of the molecule is BrCCCN(CCc1ccc2c(c1)CCO2)C1CCC1. The van der Waals surface area contributed by atoms with Gasteiger partial charge in [0.1, 0.15) is 5.75 Å². The molecule has 0 spiro atoms. The van der Waals surface area contributed by atoms with Gasteiger partial charge in [-0.15, -0.1) is 0 Å². The average Bonchev–Trinajstić information content (AvgIpc) is 2.87. The van der Waals surface area contributed by atoms with Crippen LogP contribution in [0, 0.1) is 0 Å². The van der Waals surface area contributed by atoms with Crippen LogP contribution in [0.3, 0.4) is 0 Å². The first-order valence-electron chi connectivity index (χ1n) is 7.91. The Hall–Kier alpha value is -0.540. The molecule has 2 aliphatic rings. The van der Waals surface area contributed by atoms with Crippen LogP contribution in [-0.2, 0) is 12.8 Å². The molecule has 3 heteroatoms. The highest BCUT2D eigenvalue weighted by Crippen LogP contribution is 2.27. The molecule has 20 heavy (non-hydrogen) atoms. The number of ether oxygens (including phenoxy) is 1. The van der Waals surface area contributed by atoms with E-state index in [0.29, 0.717) is 0 Å². The summed E-state index contributed by atoms with van der Waals surface area (Å²) in [7, 11) is 0. The predicted molar refractivity (Wildman–Crippen MR) is 87.0 cm³/mol. The number of hydrogen-bond donors (Lipinski definition) is 0. The molecule has 3 rings (SSSR count). The maximum Gasteiger partial charge on any atom is 0.122 e. The molecule has 110 valence electrons. The van der Waals surface area contributed by atoms with Crippen molar-refractivity contribution in [1.29, 1.82) is 0 Å². The van der Waals surface area contributed by atoms with Gasteiger partial charge >= 0.3 is 0 Å². The summed E-state index contributed by atoms with van der Waals surface area (Å²) >= 11 is 3.56. The van der Waals surface area contributed by atoms with E-state index < -0.39 is 0 Å². The molecule has 1 aliphatic carbocycles. The van der Waals surface area contributed by atoms with Gasteiger partial charge in [-0.2, -0.15) is 0 Å². The van der Waals surface area contributed by atoms with Gasteiger partial charge in [0.25, 0.3) is 0 Å². The van der Waals surface area contributed by atoms with Crippen LogP contribution >= 0.6 is 15.9 Å². The van der Waals surface area contributed by atoms with E-state index in [2.05, 4.69) is 39.0 Å². The number of benzene rings is 1. The molecule has 0 atom stereocenters. The van der Waals surface area contributed by atoms with E-state index in [1.165, 1.54) is 56.3 Å². The van der Waals surface area contributed by atoms with Crippen LogP contribution in [0.25, 0.3) is 0 Å². The molecule has 0 N–H and O–H groups in total. The van der Waals surface area contributed by atoms with E-state index in [9.17, 15) is 0 Å². The standard InChI is InChI=1S/C17H24BrNO/c18-9-2-10-19(16-3-1-4-16)11-7-14-5-6-17-15(13-14)8-12-20-17/h5-6,13,16H,1-4,7-12H2. The molecular formula is C17H24BrNO. The minimum Gasteiger partial charge on any atom is -0.493 e. The fourth-order valence-corrected chi connectivity index (χ4v) is 3.41. The summed E-state index contributed by atoms with van der Waals surface area (Å²) in [6.45, 7) is 3.31. The van der Waals surface area contributed by atoms with E-state index in [-0.39, 0.29) is 0 Å².